The highest BCUT2D eigenvalue weighted by Gasteiger charge is 2.10. The minimum absolute atomic E-state index is 0.258. The zero-order valence-corrected chi connectivity index (χ0v) is 8.30. The lowest BCUT2D eigenvalue weighted by Crippen LogP contribution is -2.10. The number of hydrogen-bond donors (Lipinski definition) is 1. The van der Waals surface area contributed by atoms with E-state index in [0.717, 1.165) is 18.7 Å². The first-order valence-electron chi connectivity index (χ1n) is 4.49. The van der Waals surface area contributed by atoms with Crippen LogP contribution in [0.5, 0.6) is 0 Å². The van der Waals surface area contributed by atoms with Crippen molar-refractivity contribution in [2.75, 3.05) is 0 Å². The van der Waals surface area contributed by atoms with Gasteiger partial charge in [-0.3, -0.25) is 0 Å². The number of aliphatic hydroxyl groups excluding tert-OH is 1. The summed E-state index contributed by atoms with van der Waals surface area (Å²) in [6.07, 6.45) is 1.29. The molecule has 2 atom stereocenters. The lowest BCUT2D eigenvalue weighted by molar-refractivity contribution is 0.163. The van der Waals surface area contributed by atoms with Gasteiger partial charge in [-0.15, -0.1) is 10.2 Å². The van der Waals surface area contributed by atoms with E-state index in [-0.39, 0.29) is 6.10 Å². The van der Waals surface area contributed by atoms with Gasteiger partial charge < -0.3 is 5.11 Å². The van der Waals surface area contributed by atoms with E-state index in [4.69, 9.17) is 5.11 Å². The van der Waals surface area contributed by atoms with Crippen LogP contribution >= 0.6 is 0 Å². The van der Waals surface area contributed by atoms with Gasteiger partial charge in [0.05, 0.1) is 13.2 Å². The zero-order valence-electron chi connectivity index (χ0n) is 8.30. The first-order chi connectivity index (χ1) is 6.08. The highest BCUT2D eigenvalue weighted by Crippen LogP contribution is 2.09. The molecule has 1 aromatic heterocycles. The van der Waals surface area contributed by atoms with Crippen LogP contribution < -0.4 is 0 Å². The van der Waals surface area contributed by atoms with Crippen LogP contribution in [0.3, 0.4) is 0 Å². The van der Waals surface area contributed by atoms with Gasteiger partial charge in [-0.05, 0) is 24.5 Å². The van der Waals surface area contributed by atoms with Gasteiger partial charge in [0.2, 0.25) is 0 Å². The second kappa shape index (κ2) is 4.32. The number of aryl methyl sites for hydroxylation is 1. The maximum absolute atomic E-state index is 9.14. The third kappa shape index (κ3) is 3.50. The molecule has 74 valence electrons. The summed E-state index contributed by atoms with van der Waals surface area (Å²) < 4.78 is 0. The van der Waals surface area contributed by atoms with Crippen LogP contribution in [0, 0.1) is 5.92 Å². The molecule has 0 saturated carbocycles. The summed E-state index contributed by atoms with van der Waals surface area (Å²) in [7, 11) is 1.75. The van der Waals surface area contributed by atoms with Crippen molar-refractivity contribution in [2.24, 2.45) is 13.0 Å². The molecule has 0 aromatic carbocycles. The van der Waals surface area contributed by atoms with Crippen LogP contribution in [-0.2, 0) is 13.5 Å². The molecule has 1 rings (SSSR count). The molecule has 2 unspecified atom stereocenters. The molecule has 0 fully saturated rings. The molecule has 1 heterocycles. The van der Waals surface area contributed by atoms with Gasteiger partial charge in [-0.2, -0.15) is 4.80 Å². The average Bonchev–Trinajstić information content (AvgIpc) is 2.33. The van der Waals surface area contributed by atoms with E-state index < -0.39 is 0 Å². The van der Waals surface area contributed by atoms with Crippen LogP contribution in [0.1, 0.15) is 26.1 Å². The third-order valence-electron chi connectivity index (χ3n) is 1.82. The Kier molecular flexibility index (Phi) is 3.36. The van der Waals surface area contributed by atoms with E-state index in [1.807, 2.05) is 0 Å². The summed E-state index contributed by atoms with van der Waals surface area (Å²) >= 11 is 0. The largest absolute Gasteiger partial charge is 0.393 e. The Morgan fingerprint density at radius 2 is 2.15 bits per heavy atom. The molecule has 0 aliphatic carbocycles. The molecule has 0 amide bonds. The standard InChI is InChI=1S/C8H16N4O/c1-6(4-7(2)13)5-8-9-11-12(3)10-8/h6-7,13H,4-5H2,1-3H3. The van der Waals surface area contributed by atoms with Crippen molar-refractivity contribution in [1.82, 2.24) is 20.2 Å². The van der Waals surface area contributed by atoms with E-state index in [0.29, 0.717) is 5.92 Å². The molecular weight excluding hydrogens is 168 g/mol. The van der Waals surface area contributed by atoms with Gasteiger partial charge in [0.15, 0.2) is 5.82 Å². The first-order valence-corrected chi connectivity index (χ1v) is 4.49. The maximum atomic E-state index is 9.14. The fraction of sp³-hybridized carbons (Fsp3) is 0.875. The molecule has 1 N–H and O–H groups in total. The Bertz CT molecular complexity index is 258. The SMILES string of the molecule is CC(O)CC(C)Cc1nnn(C)n1. The topological polar surface area (TPSA) is 63.8 Å². The van der Waals surface area contributed by atoms with E-state index in [9.17, 15) is 0 Å². The second-order valence-electron chi connectivity index (χ2n) is 3.59. The van der Waals surface area contributed by atoms with Gasteiger partial charge >= 0.3 is 0 Å². The molecule has 0 aliphatic rings. The Hall–Kier alpha value is -0.970. The zero-order chi connectivity index (χ0) is 9.84. The summed E-state index contributed by atoms with van der Waals surface area (Å²) in [6, 6.07) is 0. The molecule has 5 heteroatoms. The van der Waals surface area contributed by atoms with Crippen LogP contribution in [0.4, 0.5) is 0 Å². The molecule has 5 nitrogen and oxygen atoms in total. The van der Waals surface area contributed by atoms with Crippen molar-refractivity contribution in [3.63, 3.8) is 0 Å². The predicted octanol–water partition coefficient (Wildman–Crippen LogP) is 0.160. The van der Waals surface area contributed by atoms with Gasteiger partial charge in [0.1, 0.15) is 0 Å². The predicted molar refractivity (Wildman–Crippen MR) is 48.0 cm³/mol. The summed E-state index contributed by atoms with van der Waals surface area (Å²) in [5, 5.41) is 20.8. The van der Waals surface area contributed by atoms with Crippen molar-refractivity contribution in [3.8, 4) is 0 Å². The number of hydrogen-bond acceptors (Lipinski definition) is 4. The molecule has 0 spiro atoms. The van der Waals surface area contributed by atoms with Gasteiger partial charge in [-0.25, -0.2) is 0 Å². The van der Waals surface area contributed by atoms with Crippen molar-refractivity contribution >= 4 is 0 Å². The number of aromatic nitrogens is 4. The van der Waals surface area contributed by atoms with Crippen LogP contribution in [-0.4, -0.2) is 31.4 Å². The Morgan fingerprint density at radius 3 is 2.62 bits per heavy atom. The van der Waals surface area contributed by atoms with Crippen molar-refractivity contribution in [1.29, 1.82) is 0 Å². The Morgan fingerprint density at radius 1 is 1.46 bits per heavy atom. The summed E-state index contributed by atoms with van der Waals surface area (Å²) in [5.74, 6) is 1.14. The van der Waals surface area contributed by atoms with E-state index in [1.54, 1.807) is 14.0 Å². The summed E-state index contributed by atoms with van der Waals surface area (Å²) in [5.41, 5.74) is 0. The molecule has 0 saturated heterocycles. The van der Waals surface area contributed by atoms with Gasteiger partial charge in [-0.1, -0.05) is 6.92 Å². The van der Waals surface area contributed by atoms with Gasteiger partial charge in [0, 0.05) is 6.42 Å². The quantitative estimate of drug-likeness (QED) is 0.724. The Labute approximate surface area is 77.8 Å². The van der Waals surface area contributed by atoms with Crippen LogP contribution in [0.15, 0.2) is 0 Å². The normalized spacial score (nSPS) is 15.7. The minimum Gasteiger partial charge on any atom is -0.393 e. The smallest absolute Gasteiger partial charge is 0.175 e. The van der Waals surface area contributed by atoms with E-state index in [1.165, 1.54) is 4.80 Å². The number of tetrazole rings is 1. The lowest BCUT2D eigenvalue weighted by atomic mass is 10.0. The molecule has 0 bridgehead atoms. The molecule has 0 radical (unpaired) electrons. The number of rotatable bonds is 4. The fourth-order valence-corrected chi connectivity index (χ4v) is 1.38. The van der Waals surface area contributed by atoms with E-state index in [2.05, 4.69) is 22.3 Å². The summed E-state index contributed by atoms with van der Waals surface area (Å²) in [6.45, 7) is 3.86. The number of nitrogens with zero attached hydrogens (tertiary/aromatic N) is 4. The van der Waals surface area contributed by atoms with E-state index >= 15 is 0 Å². The highest BCUT2D eigenvalue weighted by atomic mass is 16.3. The Balaban J connectivity index is 2.40. The molecular formula is C8H16N4O. The lowest BCUT2D eigenvalue weighted by Gasteiger charge is -2.10. The second-order valence-corrected chi connectivity index (χ2v) is 3.59. The van der Waals surface area contributed by atoms with Crippen molar-refractivity contribution in [2.45, 2.75) is 32.8 Å². The molecule has 0 aliphatic heterocycles. The maximum Gasteiger partial charge on any atom is 0.175 e. The monoisotopic (exact) mass is 184 g/mol. The molecule has 1 aromatic rings. The third-order valence-corrected chi connectivity index (χ3v) is 1.82. The minimum atomic E-state index is -0.258. The average molecular weight is 184 g/mol. The fourth-order valence-electron chi connectivity index (χ4n) is 1.38. The highest BCUT2D eigenvalue weighted by molar-refractivity contribution is 4.79. The summed E-state index contributed by atoms with van der Waals surface area (Å²) in [4.78, 5) is 1.45. The number of aliphatic hydroxyl groups is 1. The molecule has 13 heavy (non-hydrogen) atoms. The van der Waals surface area contributed by atoms with Crippen LogP contribution in [0.25, 0.3) is 0 Å². The first kappa shape index (κ1) is 10.1. The van der Waals surface area contributed by atoms with Crippen molar-refractivity contribution in [3.05, 3.63) is 5.82 Å². The van der Waals surface area contributed by atoms with Gasteiger partial charge in [0.25, 0.3) is 0 Å². The van der Waals surface area contributed by atoms with Crippen LogP contribution in [0.2, 0.25) is 0 Å². The van der Waals surface area contributed by atoms with Crippen molar-refractivity contribution < 1.29 is 5.11 Å².